The van der Waals surface area contributed by atoms with Crippen molar-refractivity contribution in [1.29, 1.82) is 0 Å². The fourth-order valence-corrected chi connectivity index (χ4v) is 3.60. The standard InChI is InChI=1S/C19H19Cl2N3/c20-17-6-5-16(12-18(17)21)24-9-7-23(8-10-24)13-15-11-14-3-1-2-4-19(14)22-15/h1-6,11-12,22H,7-10,13H2. The summed E-state index contributed by atoms with van der Waals surface area (Å²) >= 11 is 12.1. The number of aromatic nitrogens is 1. The number of H-pyrrole nitrogens is 1. The molecule has 4 rings (SSSR count). The molecule has 0 unspecified atom stereocenters. The van der Waals surface area contributed by atoms with Crippen molar-refractivity contribution in [2.75, 3.05) is 31.1 Å². The number of piperazine rings is 1. The van der Waals surface area contributed by atoms with Gasteiger partial charge in [0, 0.05) is 49.6 Å². The Kier molecular flexibility index (Phi) is 4.40. The van der Waals surface area contributed by atoms with Gasteiger partial charge in [-0.2, -0.15) is 0 Å². The average Bonchev–Trinajstić information content (AvgIpc) is 3.00. The third-order valence-corrected chi connectivity index (χ3v) is 5.36. The van der Waals surface area contributed by atoms with Crippen LogP contribution in [0.1, 0.15) is 5.69 Å². The van der Waals surface area contributed by atoms with Crippen molar-refractivity contribution in [1.82, 2.24) is 9.88 Å². The Bertz CT molecular complexity index is 818. The molecular weight excluding hydrogens is 341 g/mol. The van der Waals surface area contributed by atoms with Crippen molar-refractivity contribution in [3.05, 3.63) is 64.3 Å². The number of nitrogens with zero attached hydrogens (tertiary/aromatic N) is 2. The first-order valence-electron chi connectivity index (χ1n) is 8.18. The van der Waals surface area contributed by atoms with E-state index < -0.39 is 0 Å². The fourth-order valence-electron chi connectivity index (χ4n) is 3.31. The lowest BCUT2D eigenvalue weighted by Gasteiger charge is -2.36. The number of nitrogens with one attached hydrogen (secondary N) is 1. The molecule has 1 aliphatic heterocycles. The first-order valence-corrected chi connectivity index (χ1v) is 8.93. The summed E-state index contributed by atoms with van der Waals surface area (Å²) in [6.45, 7) is 5.03. The monoisotopic (exact) mass is 359 g/mol. The molecule has 2 aromatic carbocycles. The molecule has 1 fully saturated rings. The van der Waals surface area contributed by atoms with E-state index in [1.807, 2.05) is 18.2 Å². The van der Waals surface area contributed by atoms with Crippen molar-refractivity contribution in [2.45, 2.75) is 6.54 Å². The zero-order valence-electron chi connectivity index (χ0n) is 13.3. The first-order chi connectivity index (χ1) is 11.7. The normalized spacial score (nSPS) is 16.0. The molecule has 124 valence electrons. The van der Waals surface area contributed by atoms with E-state index in [0.29, 0.717) is 10.0 Å². The SMILES string of the molecule is Clc1ccc(N2CCN(Cc3cc4ccccc4[nH]3)CC2)cc1Cl. The third-order valence-electron chi connectivity index (χ3n) is 4.62. The number of rotatable bonds is 3. The van der Waals surface area contributed by atoms with Gasteiger partial charge in [-0.3, -0.25) is 4.90 Å². The molecule has 0 aliphatic carbocycles. The zero-order valence-corrected chi connectivity index (χ0v) is 14.8. The lowest BCUT2D eigenvalue weighted by atomic mass is 10.2. The van der Waals surface area contributed by atoms with Crippen LogP contribution in [0, 0.1) is 0 Å². The number of halogens is 2. The van der Waals surface area contributed by atoms with Crippen LogP contribution in [-0.4, -0.2) is 36.1 Å². The van der Waals surface area contributed by atoms with Gasteiger partial charge >= 0.3 is 0 Å². The van der Waals surface area contributed by atoms with Crippen LogP contribution in [-0.2, 0) is 6.54 Å². The number of fused-ring (bicyclic) bond motifs is 1. The number of hydrogen-bond acceptors (Lipinski definition) is 2. The van der Waals surface area contributed by atoms with E-state index in [1.54, 1.807) is 0 Å². The molecule has 1 saturated heterocycles. The van der Waals surface area contributed by atoms with Crippen LogP contribution in [0.5, 0.6) is 0 Å². The lowest BCUT2D eigenvalue weighted by molar-refractivity contribution is 0.247. The third kappa shape index (κ3) is 3.25. The van der Waals surface area contributed by atoms with E-state index >= 15 is 0 Å². The highest BCUT2D eigenvalue weighted by atomic mass is 35.5. The summed E-state index contributed by atoms with van der Waals surface area (Å²) in [5.41, 5.74) is 3.63. The van der Waals surface area contributed by atoms with Gasteiger partial charge in [0.2, 0.25) is 0 Å². The molecule has 24 heavy (non-hydrogen) atoms. The quantitative estimate of drug-likeness (QED) is 0.725. The first kappa shape index (κ1) is 15.8. The average molecular weight is 360 g/mol. The van der Waals surface area contributed by atoms with Crippen LogP contribution in [0.2, 0.25) is 10.0 Å². The molecular formula is C19H19Cl2N3. The van der Waals surface area contributed by atoms with Crippen LogP contribution < -0.4 is 4.90 Å². The van der Waals surface area contributed by atoms with E-state index in [1.165, 1.54) is 16.6 Å². The lowest BCUT2D eigenvalue weighted by Crippen LogP contribution is -2.46. The Hall–Kier alpha value is -1.68. The van der Waals surface area contributed by atoms with Gasteiger partial charge in [-0.15, -0.1) is 0 Å². The maximum absolute atomic E-state index is 6.13. The Morgan fingerprint density at radius 2 is 1.67 bits per heavy atom. The maximum Gasteiger partial charge on any atom is 0.0612 e. The van der Waals surface area contributed by atoms with Gasteiger partial charge in [-0.25, -0.2) is 0 Å². The number of hydrogen-bond donors (Lipinski definition) is 1. The highest BCUT2D eigenvalue weighted by Gasteiger charge is 2.18. The van der Waals surface area contributed by atoms with Gasteiger partial charge in [-0.1, -0.05) is 41.4 Å². The van der Waals surface area contributed by atoms with E-state index in [9.17, 15) is 0 Å². The Morgan fingerprint density at radius 1 is 0.875 bits per heavy atom. The number of para-hydroxylation sites is 1. The minimum absolute atomic E-state index is 0.609. The van der Waals surface area contributed by atoms with Crippen LogP contribution >= 0.6 is 23.2 Å². The number of anilines is 1. The van der Waals surface area contributed by atoms with Gasteiger partial charge in [-0.05, 0) is 35.7 Å². The molecule has 3 aromatic rings. The maximum atomic E-state index is 6.13. The topological polar surface area (TPSA) is 22.3 Å². The van der Waals surface area contributed by atoms with Crippen LogP contribution in [0.15, 0.2) is 48.5 Å². The van der Waals surface area contributed by atoms with Crippen molar-refractivity contribution >= 4 is 39.8 Å². The zero-order chi connectivity index (χ0) is 16.5. The summed E-state index contributed by atoms with van der Waals surface area (Å²) in [4.78, 5) is 8.36. The predicted molar refractivity (Wildman–Crippen MR) is 102 cm³/mol. The number of aromatic amines is 1. The highest BCUT2D eigenvalue weighted by Crippen LogP contribution is 2.28. The summed E-state index contributed by atoms with van der Waals surface area (Å²) in [5, 5.41) is 2.51. The summed E-state index contributed by atoms with van der Waals surface area (Å²) < 4.78 is 0. The van der Waals surface area contributed by atoms with Crippen LogP contribution in [0.3, 0.4) is 0 Å². The Morgan fingerprint density at radius 3 is 2.42 bits per heavy atom. The molecule has 1 aromatic heterocycles. The molecule has 0 saturated carbocycles. The van der Waals surface area contributed by atoms with Crippen molar-refractivity contribution in [3.63, 3.8) is 0 Å². The van der Waals surface area contributed by atoms with Crippen LogP contribution in [0.25, 0.3) is 10.9 Å². The van der Waals surface area contributed by atoms with Crippen LogP contribution in [0.4, 0.5) is 5.69 Å². The molecule has 0 atom stereocenters. The van der Waals surface area contributed by atoms with E-state index in [-0.39, 0.29) is 0 Å². The fraction of sp³-hybridized carbons (Fsp3) is 0.263. The van der Waals surface area contributed by atoms with Gasteiger partial charge < -0.3 is 9.88 Å². The predicted octanol–water partition coefficient (Wildman–Crippen LogP) is 4.80. The van der Waals surface area contributed by atoms with E-state index in [0.717, 1.165) is 38.4 Å². The summed E-state index contributed by atoms with van der Waals surface area (Å²) in [6, 6.07) is 16.5. The molecule has 5 heteroatoms. The number of benzene rings is 2. The summed E-state index contributed by atoms with van der Waals surface area (Å²) in [5.74, 6) is 0. The molecule has 0 radical (unpaired) electrons. The summed E-state index contributed by atoms with van der Waals surface area (Å²) in [6.07, 6.45) is 0. The Labute approximate surface area is 151 Å². The van der Waals surface area contributed by atoms with Gasteiger partial charge in [0.05, 0.1) is 10.0 Å². The molecule has 3 nitrogen and oxygen atoms in total. The van der Waals surface area contributed by atoms with Gasteiger partial charge in [0.25, 0.3) is 0 Å². The van der Waals surface area contributed by atoms with Gasteiger partial charge in [0.1, 0.15) is 0 Å². The highest BCUT2D eigenvalue weighted by molar-refractivity contribution is 6.42. The molecule has 0 spiro atoms. The summed E-state index contributed by atoms with van der Waals surface area (Å²) in [7, 11) is 0. The van der Waals surface area contributed by atoms with Crippen molar-refractivity contribution in [2.24, 2.45) is 0 Å². The molecule has 0 bridgehead atoms. The second kappa shape index (κ2) is 6.67. The van der Waals surface area contributed by atoms with E-state index in [2.05, 4.69) is 45.1 Å². The smallest absolute Gasteiger partial charge is 0.0612 e. The van der Waals surface area contributed by atoms with Gasteiger partial charge in [0.15, 0.2) is 0 Å². The molecule has 1 N–H and O–H groups in total. The second-order valence-corrected chi connectivity index (χ2v) is 7.06. The Balaban J connectivity index is 1.39. The van der Waals surface area contributed by atoms with E-state index in [4.69, 9.17) is 23.2 Å². The largest absolute Gasteiger partial charge is 0.369 e. The molecule has 1 aliphatic rings. The minimum Gasteiger partial charge on any atom is -0.369 e. The van der Waals surface area contributed by atoms with Crippen molar-refractivity contribution < 1.29 is 0 Å². The molecule has 0 amide bonds. The molecule has 2 heterocycles. The second-order valence-electron chi connectivity index (χ2n) is 6.24. The minimum atomic E-state index is 0.609. The van der Waals surface area contributed by atoms with Crippen molar-refractivity contribution in [3.8, 4) is 0 Å².